The minimum atomic E-state index is -0.601. The van der Waals surface area contributed by atoms with E-state index in [1.54, 1.807) is 12.1 Å². The maximum atomic E-state index is 12.7. The third-order valence-electron chi connectivity index (χ3n) is 2.57. The Kier molecular flexibility index (Phi) is 4.31. The normalized spacial score (nSPS) is 12.1. The molecule has 0 aromatic heterocycles. The van der Waals surface area contributed by atoms with E-state index in [-0.39, 0.29) is 12.4 Å². The van der Waals surface area contributed by atoms with Crippen molar-refractivity contribution in [3.63, 3.8) is 0 Å². The van der Waals surface area contributed by atoms with Crippen LogP contribution in [0.3, 0.4) is 0 Å². The molecule has 3 heteroatoms. The van der Waals surface area contributed by atoms with Crippen LogP contribution in [0.4, 0.5) is 4.39 Å². The Morgan fingerprint density at radius 3 is 2.33 bits per heavy atom. The van der Waals surface area contributed by atoms with Crippen molar-refractivity contribution in [3.05, 3.63) is 66.0 Å². The van der Waals surface area contributed by atoms with Gasteiger partial charge < -0.3 is 9.84 Å². The smallest absolute Gasteiger partial charge is 0.123 e. The average molecular weight is 246 g/mol. The molecule has 0 aliphatic heterocycles. The van der Waals surface area contributed by atoms with E-state index in [0.717, 1.165) is 11.3 Å². The Hall–Kier alpha value is -1.87. The highest BCUT2D eigenvalue weighted by Gasteiger charge is 2.06. The molecule has 0 radical (unpaired) electrons. The van der Waals surface area contributed by atoms with Gasteiger partial charge in [-0.2, -0.15) is 0 Å². The summed E-state index contributed by atoms with van der Waals surface area (Å²) in [5, 5.41) is 9.81. The van der Waals surface area contributed by atoms with E-state index in [9.17, 15) is 9.50 Å². The van der Waals surface area contributed by atoms with Gasteiger partial charge in [-0.3, -0.25) is 0 Å². The largest absolute Gasteiger partial charge is 0.491 e. The number of ether oxygens (including phenoxy) is 1. The van der Waals surface area contributed by atoms with E-state index in [2.05, 4.69) is 0 Å². The molecule has 0 aliphatic rings. The number of halogens is 1. The molecule has 0 heterocycles. The van der Waals surface area contributed by atoms with Crippen molar-refractivity contribution in [2.45, 2.75) is 12.5 Å². The lowest BCUT2D eigenvalue weighted by Crippen LogP contribution is -2.20. The fourth-order valence-electron chi connectivity index (χ4n) is 1.66. The highest BCUT2D eigenvalue weighted by atomic mass is 19.1. The second-order valence-corrected chi connectivity index (χ2v) is 4.11. The van der Waals surface area contributed by atoms with E-state index in [0.29, 0.717) is 6.42 Å². The molecule has 1 unspecified atom stereocenters. The molecular weight excluding hydrogens is 231 g/mol. The van der Waals surface area contributed by atoms with Crippen LogP contribution in [-0.4, -0.2) is 17.8 Å². The highest BCUT2D eigenvalue weighted by molar-refractivity contribution is 5.21. The van der Waals surface area contributed by atoms with Gasteiger partial charge in [0.25, 0.3) is 0 Å². The fourth-order valence-corrected chi connectivity index (χ4v) is 1.66. The van der Waals surface area contributed by atoms with Crippen LogP contribution in [0.2, 0.25) is 0 Å². The molecule has 2 nitrogen and oxygen atoms in total. The van der Waals surface area contributed by atoms with Crippen LogP contribution in [0.5, 0.6) is 5.75 Å². The van der Waals surface area contributed by atoms with Crippen molar-refractivity contribution in [1.82, 2.24) is 0 Å². The van der Waals surface area contributed by atoms with Gasteiger partial charge in [0.05, 0.1) is 6.10 Å². The summed E-state index contributed by atoms with van der Waals surface area (Å²) in [5.74, 6) is 0.462. The molecule has 0 amide bonds. The van der Waals surface area contributed by atoms with Crippen molar-refractivity contribution in [1.29, 1.82) is 0 Å². The second-order valence-electron chi connectivity index (χ2n) is 4.11. The SMILES string of the molecule is OC(COc1ccccc1)Cc1ccc(F)cc1. The number of aliphatic hydroxyl groups excluding tert-OH is 1. The summed E-state index contributed by atoms with van der Waals surface area (Å²) in [5.41, 5.74) is 0.889. The third-order valence-corrected chi connectivity index (χ3v) is 2.57. The Balaban J connectivity index is 1.82. The third kappa shape index (κ3) is 3.86. The van der Waals surface area contributed by atoms with E-state index < -0.39 is 6.10 Å². The predicted octanol–water partition coefficient (Wildman–Crippen LogP) is 2.81. The standard InChI is InChI=1S/C15H15FO2/c16-13-8-6-12(7-9-13)10-14(17)11-18-15-4-2-1-3-5-15/h1-9,14,17H,10-11H2. The Bertz CT molecular complexity index is 468. The van der Waals surface area contributed by atoms with E-state index >= 15 is 0 Å². The molecule has 2 rings (SSSR count). The first kappa shape index (κ1) is 12.6. The molecule has 2 aromatic rings. The first-order chi connectivity index (χ1) is 8.74. The summed E-state index contributed by atoms with van der Waals surface area (Å²) < 4.78 is 18.1. The van der Waals surface area contributed by atoms with Crippen LogP contribution >= 0.6 is 0 Å². The summed E-state index contributed by atoms with van der Waals surface area (Å²) in [6.07, 6.45) is -0.150. The van der Waals surface area contributed by atoms with Crippen LogP contribution in [0.15, 0.2) is 54.6 Å². The van der Waals surface area contributed by atoms with Gasteiger partial charge >= 0.3 is 0 Å². The van der Waals surface area contributed by atoms with Gasteiger partial charge in [-0.05, 0) is 29.8 Å². The highest BCUT2D eigenvalue weighted by Crippen LogP contribution is 2.10. The van der Waals surface area contributed by atoms with E-state index in [4.69, 9.17) is 4.74 Å². The molecule has 18 heavy (non-hydrogen) atoms. The average Bonchev–Trinajstić information content (AvgIpc) is 2.40. The van der Waals surface area contributed by atoms with E-state index in [1.807, 2.05) is 30.3 Å². The Labute approximate surface area is 106 Å². The van der Waals surface area contributed by atoms with Gasteiger partial charge in [-0.1, -0.05) is 30.3 Å². The fraction of sp³-hybridized carbons (Fsp3) is 0.200. The summed E-state index contributed by atoms with van der Waals surface area (Å²) >= 11 is 0. The summed E-state index contributed by atoms with van der Waals surface area (Å²) in [7, 11) is 0. The van der Waals surface area contributed by atoms with Gasteiger partial charge in [-0.25, -0.2) is 4.39 Å². The zero-order valence-corrected chi connectivity index (χ0v) is 9.92. The van der Waals surface area contributed by atoms with Crippen molar-refractivity contribution < 1.29 is 14.2 Å². The number of benzene rings is 2. The van der Waals surface area contributed by atoms with Gasteiger partial charge in [0.2, 0.25) is 0 Å². The van der Waals surface area contributed by atoms with E-state index in [1.165, 1.54) is 12.1 Å². The number of para-hydroxylation sites is 1. The van der Waals surface area contributed by atoms with Gasteiger partial charge in [0.1, 0.15) is 18.2 Å². The maximum absolute atomic E-state index is 12.7. The molecule has 0 fully saturated rings. The molecule has 1 atom stereocenters. The van der Waals surface area contributed by atoms with Gasteiger partial charge in [-0.15, -0.1) is 0 Å². The first-order valence-corrected chi connectivity index (χ1v) is 5.84. The molecule has 0 saturated carbocycles. The monoisotopic (exact) mass is 246 g/mol. The summed E-state index contributed by atoms with van der Waals surface area (Å²) in [6.45, 7) is 0.224. The van der Waals surface area contributed by atoms with Gasteiger partial charge in [0, 0.05) is 6.42 Å². The Morgan fingerprint density at radius 1 is 1.00 bits per heavy atom. The lowest BCUT2D eigenvalue weighted by atomic mass is 10.1. The Morgan fingerprint density at radius 2 is 1.67 bits per heavy atom. The quantitative estimate of drug-likeness (QED) is 0.879. The molecule has 2 aromatic carbocycles. The van der Waals surface area contributed by atoms with Gasteiger partial charge in [0.15, 0.2) is 0 Å². The second kappa shape index (κ2) is 6.17. The first-order valence-electron chi connectivity index (χ1n) is 5.84. The molecule has 0 spiro atoms. The molecule has 0 aliphatic carbocycles. The van der Waals surface area contributed by atoms with Crippen LogP contribution in [-0.2, 0) is 6.42 Å². The molecular formula is C15H15FO2. The summed E-state index contributed by atoms with van der Waals surface area (Å²) in [4.78, 5) is 0. The lowest BCUT2D eigenvalue weighted by Gasteiger charge is -2.12. The van der Waals surface area contributed by atoms with Crippen molar-refractivity contribution >= 4 is 0 Å². The molecule has 0 bridgehead atoms. The van der Waals surface area contributed by atoms with Crippen molar-refractivity contribution in [2.24, 2.45) is 0 Å². The molecule has 94 valence electrons. The van der Waals surface area contributed by atoms with Crippen LogP contribution in [0, 0.1) is 5.82 Å². The van der Waals surface area contributed by atoms with Crippen molar-refractivity contribution in [2.75, 3.05) is 6.61 Å². The summed E-state index contributed by atoms with van der Waals surface area (Å²) in [6, 6.07) is 15.4. The van der Waals surface area contributed by atoms with Crippen LogP contribution in [0.1, 0.15) is 5.56 Å². The molecule has 0 saturated heterocycles. The van der Waals surface area contributed by atoms with Crippen molar-refractivity contribution in [3.8, 4) is 5.75 Å². The zero-order valence-electron chi connectivity index (χ0n) is 9.92. The minimum absolute atomic E-state index is 0.224. The number of aliphatic hydroxyl groups is 1. The molecule has 1 N–H and O–H groups in total. The minimum Gasteiger partial charge on any atom is -0.491 e. The number of hydrogen-bond acceptors (Lipinski definition) is 2. The topological polar surface area (TPSA) is 29.5 Å². The zero-order chi connectivity index (χ0) is 12.8. The maximum Gasteiger partial charge on any atom is 0.123 e. The number of hydrogen-bond donors (Lipinski definition) is 1. The lowest BCUT2D eigenvalue weighted by molar-refractivity contribution is 0.108. The predicted molar refractivity (Wildman–Crippen MR) is 68.0 cm³/mol. The number of rotatable bonds is 5. The van der Waals surface area contributed by atoms with Crippen LogP contribution in [0.25, 0.3) is 0 Å². The van der Waals surface area contributed by atoms with Crippen LogP contribution < -0.4 is 4.74 Å².